The number of carbonyl (C=O) groups is 1. The summed E-state index contributed by atoms with van der Waals surface area (Å²) in [6.45, 7) is 2.41. The van der Waals surface area contributed by atoms with Crippen molar-refractivity contribution in [3.05, 3.63) is 28.3 Å². The molecule has 2 aromatic carbocycles. The Bertz CT molecular complexity index is 1360. The van der Waals surface area contributed by atoms with Crippen LogP contribution in [0.15, 0.2) is 6.07 Å². The molecule has 6 atom stereocenters. The van der Waals surface area contributed by atoms with Crippen LogP contribution >= 0.6 is 0 Å². The molecule has 4 aliphatic heterocycles. The highest BCUT2D eigenvalue weighted by Crippen LogP contribution is 2.80. The van der Waals surface area contributed by atoms with E-state index in [1.165, 1.54) is 0 Å². The fraction of sp³-hybridized carbons (Fsp3) is 0.577. The van der Waals surface area contributed by atoms with Crippen LogP contribution in [0.25, 0.3) is 10.8 Å². The molecule has 8 rings (SSSR count). The van der Waals surface area contributed by atoms with Crippen molar-refractivity contribution in [1.29, 1.82) is 0 Å². The van der Waals surface area contributed by atoms with Gasteiger partial charge in [0.25, 0.3) is 5.79 Å². The summed E-state index contributed by atoms with van der Waals surface area (Å²) in [6.07, 6.45) is 0.390. The average molecular weight is 482 g/mol. The second kappa shape index (κ2) is 6.10. The molecule has 4 heterocycles. The molecule has 184 valence electrons. The second-order valence-electron chi connectivity index (χ2n) is 10.5. The van der Waals surface area contributed by atoms with E-state index in [0.29, 0.717) is 41.9 Å². The summed E-state index contributed by atoms with van der Waals surface area (Å²) >= 11 is 0. The van der Waals surface area contributed by atoms with Crippen LogP contribution in [0.3, 0.4) is 0 Å². The van der Waals surface area contributed by atoms with Gasteiger partial charge in [-0.2, -0.15) is 0 Å². The minimum atomic E-state index is -1.23. The first kappa shape index (κ1) is 20.7. The van der Waals surface area contributed by atoms with Crippen molar-refractivity contribution in [2.75, 3.05) is 27.9 Å². The predicted octanol–water partition coefficient (Wildman–Crippen LogP) is 2.49. The highest BCUT2D eigenvalue weighted by Gasteiger charge is 3.00. The van der Waals surface area contributed by atoms with Gasteiger partial charge in [0.05, 0.1) is 30.6 Å². The number of ether oxygens (including phenoxy) is 7. The van der Waals surface area contributed by atoms with Crippen molar-refractivity contribution in [1.82, 2.24) is 0 Å². The van der Waals surface area contributed by atoms with Crippen LogP contribution in [-0.2, 0) is 30.1 Å². The van der Waals surface area contributed by atoms with Crippen LogP contribution in [0.4, 0.5) is 0 Å². The van der Waals surface area contributed by atoms with Crippen LogP contribution in [0.2, 0.25) is 0 Å². The molecule has 1 saturated carbocycles. The molecule has 35 heavy (non-hydrogen) atoms. The van der Waals surface area contributed by atoms with Gasteiger partial charge in [0.2, 0.25) is 6.29 Å². The maximum atomic E-state index is 12.9. The molecule has 2 spiro atoms. The first-order valence-electron chi connectivity index (χ1n) is 12.1. The highest BCUT2D eigenvalue weighted by atomic mass is 16.9. The molecular formula is C26H26O9. The van der Waals surface area contributed by atoms with E-state index < -0.39 is 23.3 Å². The first-order chi connectivity index (χ1) is 16.9. The summed E-state index contributed by atoms with van der Waals surface area (Å²) < 4.78 is 43.0. The molecule has 2 aliphatic carbocycles. The van der Waals surface area contributed by atoms with Crippen molar-refractivity contribution in [2.45, 2.75) is 67.6 Å². The minimum Gasteiger partial charge on any atom is -0.506 e. The number of ketones is 1. The third-order valence-corrected chi connectivity index (χ3v) is 9.21. The number of aryl methyl sites for hydroxylation is 1. The summed E-state index contributed by atoms with van der Waals surface area (Å²) in [5.41, 5.74) is 1.35. The standard InChI is InChI=1S/C26H26O9/c1-10-8-12-16(18(28)15-11(19(12)29-2)6-5-7-13(15)27)20-14(10)17-21-22-25(17,33-20)24(9-32-24)26(34-21,35-22)23(30-3)31-4/h8,17,21-23,28H,5-7,9H2,1-4H3/t17?,21?,22?,24-,25-,26?/m0/s1. The highest BCUT2D eigenvalue weighted by molar-refractivity contribution is 6.11. The Kier molecular flexibility index (Phi) is 3.61. The van der Waals surface area contributed by atoms with Crippen LogP contribution in [0.1, 0.15) is 45.8 Å². The van der Waals surface area contributed by atoms with Crippen LogP contribution < -0.4 is 9.47 Å². The van der Waals surface area contributed by atoms with E-state index in [2.05, 4.69) is 0 Å². The largest absolute Gasteiger partial charge is 0.506 e. The van der Waals surface area contributed by atoms with Crippen molar-refractivity contribution < 1.29 is 43.1 Å². The molecule has 0 radical (unpaired) electrons. The molecule has 4 unspecified atom stereocenters. The Morgan fingerprint density at radius 3 is 2.63 bits per heavy atom. The summed E-state index contributed by atoms with van der Waals surface area (Å²) in [6, 6.07) is 2.02. The molecule has 2 aromatic rings. The topological polar surface area (TPSA) is 105 Å². The number of hydrogen-bond donors (Lipinski definition) is 1. The fourth-order valence-corrected chi connectivity index (χ4v) is 7.90. The van der Waals surface area contributed by atoms with E-state index in [4.69, 9.17) is 33.2 Å². The van der Waals surface area contributed by atoms with E-state index in [9.17, 15) is 9.90 Å². The number of fused-ring (bicyclic) bond motifs is 8. The van der Waals surface area contributed by atoms with Gasteiger partial charge in [-0.25, -0.2) is 0 Å². The normalized spacial score (nSPS) is 39.0. The lowest BCUT2D eigenvalue weighted by Crippen LogP contribution is -2.79. The van der Waals surface area contributed by atoms with Gasteiger partial charge in [0.15, 0.2) is 17.0 Å². The van der Waals surface area contributed by atoms with Gasteiger partial charge < -0.3 is 38.3 Å². The van der Waals surface area contributed by atoms with E-state index in [-0.39, 0.29) is 29.7 Å². The van der Waals surface area contributed by atoms with Gasteiger partial charge in [-0.15, -0.1) is 0 Å². The average Bonchev–Trinajstić information content (AvgIpc) is 3.41. The summed E-state index contributed by atoms with van der Waals surface area (Å²) in [5.74, 6) is -0.306. The van der Waals surface area contributed by atoms with Gasteiger partial charge in [-0.3, -0.25) is 4.79 Å². The second-order valence-corrected chi connectivity index (χ2v) is 10.5. The zero-order valence-electron chi connectivity index (χ0n) is 19.9. The quantitative estimate of drug-likeness (QED) is 0.520. The van der Waals surface area contributed by atoms with Crippen molar-refractivity contribution >= 4 is 16.6 Å². The van der Waals surface area contributed by atoms with Gasteiger partial charge in [0.1, 0.15) is 29.5 Å². The summed E-state index contributed by atoms with van der Waals surface area (Å²) in [4.78, 5) is 12.9. The third kappa shape index (κ3) is 1.87. The van der Waals surface area contributed by atoms with E-state index in [0.717, 1.165) is 28.5 Å². The molecule has 9 heteroatoms. The molecule has 3 saturated heterocycles. The Hall–Kier alpha value is -2.43. The number of phenolic OH excluding ortho intramolecular Hbond substituents is 1. The zero-order valence-corrected chi connectivity index (χ0v) is 19.9. The zero-order chi connectivity index (χ0) is 24.1. The molecular weight excluding hydrogens is 456 g/mol. The number of Topliss-reactive ketones (excluding diaryl/α,β-unsaturated/α-hetero) is 1. The Labute approximate surface area is 201 Å². The molecule has 2 bridgehead atoms. The summed E-state index contributed by atoms with van der Waals surface area (Å²) in [5, 5.41) is 12.8. The van der Waals surface area contributed by atoms with Gasteiger partial charge >= 0.3 is 0 Å². The van der Waals surface area contributed by atoms with Crippen molar-refractivity contribution in [3.63, 3.8) is 0 Å². The number of carbonyl (C=O) groups excluding carboxylic acids is 1. The van der Waals surface area contributed by atoms with E-state index in [1.54, 1.807) is 21.3 Å². The predicted molar refractivity (Wildman–Crippen MR) is 119 cm³/mol. The smallest absolute Gasteiger partial charge is 0.258 e. The molecule has 0 amide bonds. The number of aromatic hydroxyl groups is 1. The van der Waals surface area contributed by atoms with Crippen LogP contribution in [0, 0.1) is 6.92 Å². The van der Waals surface area contributed by atoms with Crippen LogP contribution in [-0.4, -0.2) is 74.3 Å². The SMILES string of the molecule is COc1c2c(c(O)c3c4c(c(C)cc13)C1C3OC5(C(OC)OC)OC3[C@]1(O4)[C@@]51CO1)C(=O)CCC2. The molecule has 4 fully saturated rings. The lowest BCUT2D eigenvalue weighted by molar-refractivity contribution is -0.345. The number of benzene rings is 2. The number of methoxy groups -OCH3 is 3. The molecule has 9 nitrogen and oxygen atoms in total. The molecule has 0 aromatic heterocycles. The number of hydrogen-bond acceptors (Lipinski definition) is 9. The van der Waals surface area contributed by atoms with Crippen molar-refractivity contribution in [2.24, 2.45) is 0 Å². The maximum absolute atomic E-state index is 12.9. The molecule has 6 aliphatic rings. The Morgan fingerprint density at radius 1 is 1.17 bits per heavy atom. The first-order valence-corrected chi connectivity index (χ1v) is 12.1. The Balaban J connectivity index is 1.39. The molecule has 1 N–H and O–H groups in total. The minimum absolute atomic E-state index is 0.0367. The fourth-order valence-electron chi connectivity index (χ4n) is 7.90. The monoisotopic (exact) mass is 482 g/mol. The summed E-state index contributed by atoms with van der Waals surface area (Å²) in [7, 11) is 4.70. The lowest BCUT2D eigenvalue weighted by Gasteiger charge is -2.56. The van der Waals surface area contributed by atoms with Gasteiger partial charge in [0, 0.05) is 37.2 Å². The van der Waals surface area contributed by atoms with Gasteiger partial charge in [-0.1, -0.05) is 0 Å². The Morgan fingerprint density at radius 2 is 1.94 bits per heavy atom. The van der Waals surface area contributed by atoms with Crippen molar-refractivity contribution in [3.8, 4) is 17.2 Å². The van der Waals surface area contributed by atoms with Gasteiger partial charge in [-0.05, 0) is 31.4 Å². The number of epoxide rings is 1. The van der Waals surface area contributed by atoms with E-state index >= 15 is 0 Å². The number of phenols is 1. The van der Waals surface area contributed by atoms with Crippen LogP contribution in [0.5, 0.6) is 17.2 Å². The third-order valence-electron chi connectivity index (χ3n) is 9.21. The lowest BCUT2D eigenvalue weighted by atomic mass is 9.55. The number of rotatable bonds is 4. The maximum Gasteiger partial charge on any atom is 0.258 e. The van der Waals surface area contributed by atoms with E-state index in [1.807, 2.05) is 13.0 Å².